The summed E-state index contributed by atoms with van der Waals surface area (Å²) in [6.07, 6.45) is 1.81. The topological polar surface area (TPSA) is 42.7 Å². The van der Waals surface area contributed by atoms with Gasteiger partial charge in [0, 0.05) is 25.7 Å². The summed E-state index contributed by atoms with van der Waals surface area (Å²) in [5, 5.41) is 3.34. The van der Waals surface area contributed by atoms with Crippen molar-refractivity contribution in [2.45, 2.75) is 19.8 Å². The van der Waals surface area contributed by atoms with Crippen LogP contribution in [0, 0.1) is 0 Å². The molecule has 0 aliphatic rings. The van der Waals surface area contributed by atoms with E-state index < -0.39 is 0 Å². The number of rotatable bonds is 4. The quantitative estimate of drug-likeness (QED) is 0.849. The number of imidazole rings is 1. The van der Waals surface area contributed by atoms with Crippen molar-refractivity contribution in [1.29, 1.82) is 0 Å². The van der Waals surface area contributed by atoms with Gasteiger partial charge in [-0.3, -0.25) is 0 Å². The molecule has 0 fully saturated rings. The average molecular weight is 218 g/mol. The second-order valence-corrected chi connectivity index (χ2v) is 4.08. The fourth-order valence-corrected chi connectivity index (χ4v) is 1.93. The number of aryl methyl sites for hydroxylation is 1. The molecule has 0 spiro atoms. The van der Waals surface area contributed by atoms with Crippen molar-refractivity contribution in [3.63, 3.8) is 0 Å². The molecular formula is C12H18N4. The van der Waals surface area contributed by atoms with Crippen LogP contribution in [0.5, 0.6) is 0 Å². The van der Waals surface area contributed by atoms with Crippen molar-refractivity contribution >= 4 is 11.2 Å². The number of nitrogens with zero attached hydrogens (tertiary/aromatic N) is 3. The van der Waals surface area contributed by atoms with E-state index in [0.29, 0.717) is 5.92 Å². The molecule has 0 radical (unpaired) electrons. The molecule has 1 N–H and O–H groups in total. The van der Waals surface area contributed by atoms with Crippen LogP contribution < -0.4 is 5.32 Å². The van der Waals surface area contributed by atoms with E-state index in [1.165, 1.54) is 0 Å². The number of aromatic nitrogens is 3. The Balaban J connectivity index is 2.33. The fourth-order valence-electron chi connectivity index (χ4n) is 1.93. The van der Waals surface area contributed by atoms with E-state index >= 15 is 0 Å². The van der Waals surface area contributed by atoms with Gasteiger partial charge in [-0.05, 0) is 18.7 Å². The summed E-state index contributed by atoms with van der Waals surface area (Å²) in [4.78, 5) is 8.97. The molecule has 4 nitrogen and oxygen atoms in total. The van der Waals surface area contributed by atoms with Crippen LogP contribution in [0.1, 0.15) is 25.6 Å². The summed E-state index contributed by atoms with van der Waals surface area (Å²) in [6.45, 7) is 6.24. The average Bonchev–Trinajstić information content (AvgIpc) is 2.64. The first-order valence-corrected chi connectivity index (χ1v) is 5.72. The first-order valence-electron chi connectivity index (χ1n) is 5.72. The van der Waals surface area contributed by atoms with Gasteiger partial charge < -0.3 is 9.88 Å². The number of hydrogen-bond donors (Lipinski definition) is 1. The Hall–Kier alpha value is -1.42. The van der Waals surface area contributed by atoms with Crippen LogP contribution in [-0.4, -0.2) is 27.6 Å². The summed E-state index contributed by atoms with van der Waals surface area (Å²) < 4.78 is 2.08. The van der Waals surface area contributed by atoms with Crippen LogP contribution in [0.2, 0.25) is 0 Å². The molecule has 1 unspecified atom stereocenters. The van der Waals surface area contributed by atoms with Crippen molar-refractivity contribution in [2.24, 2.45) is 7.05 Å². The lowest BCUT2D eigenvalue weighted by molar-refractivity contribution is 0.592. The number of nitrogens with one attached hydrogen (secondary N) is 1. The Bertz CT molecular complexity index is 475. The zero-order valence-corrected chi connectivity index (χ0v) is 10.1. The normalized spacial score (nSPS) is 13.2. The Kier molecular flexibility index (Phi) is 3.19. The molecule has 0 saturated heterocycles. The van der Waals surface area contributed by atoms with E-state index in [2.05, 4.69) is 33.7 Å². The van der Waals surface area contributed by atoms with E-state index in [4.69, 9.17) is 0 Å². The van der Waals surface area contributed by atoms with Crippen molar-refractivity contribution in [3.05, 3.63) is 24.2 Å². The third-order valence-electron chi connectivity index (χ3n) is 2.80. The van der Waals surface area contributed by atoms with Crippen LogP contribution in [0.3, 0.4) is 0 Å². The standard InChI is InChI=1S/C12H18N4/c1-4-13-8-9(2)11-15-10-6-5-7-14-12(10)16(11)3/h5-7,9,13H,4,8H2,1-3H3. The smallest absolute Gasteiger partial charge is 0.159 e. The van der Waals surface area contributed by atoms with E-state index in [0.717, 1.165) is 30.1 Å². The number of fused-ring (bicyclic) bond motifs is 1. The van der Waals surface area contributed by atoms with E-state index in [1.54, 1.807) is 0 Å². The molecule has 16 heavy (non-hydrogen) atoms. The SMILES string of the molecule is CCNCC(C)c1nc2cccnc2n1C. The van der Waals surface area contributed by atoms with Gasteiger partial charge in [0.1, 0.15) is 11.3 Å². The van der Waals surface area contributed by atoms with Gasteiger partial charge >= 0.3 is 0 Å². The maximum atomic E-state index is 4.63. The number of hydrogen-bond acceptors (Lipinski definition) is 3. The van der Waals surface area contributed by atoms with Gasteiger partial charge in [-0.2, -0.15) is 0 Å². The van der Waals surface area contributed by atoms with Gasteiger partial charge in [0.15, 0.2) is 5.65 Å². The number of likely N-dealkylation sites (N-methyl/N-ethyl adjacent to an activating group) is 1. The van der Waals surface area contributed by atoms with Crippen LogP contribution in [-0.2, 0) is 7.05 Å². The molecule has 0 bridgehead atoms. The highest BCUT2D eigenvalue weighted by molar-refractivity contribution is 5.71. The maximum Gasteiger partial charge on any atom is 0.159 e. The summed E-state index contributed by atoms with van der Waals surface area (Å²) in [5.74, 6) is 1.49. The van der Waals surface area contributed by atoms with Gasteiger partial charge in [0.25, 0.3) is 0 Å². The predicted molar refractivity (Wildman–Crippen MR) is 65.5 cm³/mol. The third kappa shape index (κ3) is 1.93. The van der Waals surface area contributed by atoms with Crippen LogP contribution in [0.4, 0.5) is 0 Å². The first kappa shape index (κ1) is 11.1. The lowest BCUT2D eigenvalue weighted by Crippen LogP contribution is -2.21. The maximum absolute atomic E-state index is 4.63. The van der Waals surface area contributed by atoms with Crippen molar-refractivity contribution in [1.82, 2.24) is 19.9 Å². The molecule has 2 heterocycles. The fraction of sp³-hybridized carbons (Fsp3) is 0.500. The third-order valence-corrected chi connectivity index (χ3v) is 2.80. The number of pyridine rings is 1. The Morgan fingerprint density at radius 1 is 1.50 bits per heavy atom. The monoisotopic (exact) mass is 218 g/mol. The lowest BCUT2D eigenvalue weighted by Gasteiger charge is -2.11. The van der Waals surface area contributed by atoms with Gasteiger partial charge in [-0.1, -0.05) is 13.8 Å². The second-order valence-electron chi connectivity index (χ2n) is 4.08. The zero-order valence-electron chi connectivity index (χ0n) is 10.1. The highest BCUT2D eigenvalue weighted by Gasteiger charge is 2.14. The Morgan fingerprint density at radius 3 is 3.00 bits per heavy atom. The van der Waals surface area contributed by atoms with Gasteiger partial charge in [0.05, 0.1) is 0 Å². The molecule has 2 aromatic heterocycles. The Labute approximate surface area is 95.7 Å². The van der Waals surface area contributed by atoms with E-state index in [9.17, 15) is 0 Å². The summed E-state index contributed by atoms with van der Waals surface area (Å²) in [6, 6.07) is 3.93. The summed E-state index contributed by atoms with van der Waals surface area (Å²) in [7, 11) is 2.03. The molecule has 0 aliphatic heterocycles. The van der Waals surface area contributed by atoms with Crippen molar-refractivity contribution in [3.8, 4) is 0 Å². The minimum absolute atomic E-state index is 0.402. The first-order chi connectivity index (χ1) is 7.74. The molecule has 86 valence electrons. The van der Waals surface area contributed by atoms with Crippen LogP contribution in [0.15, 0.2) is 18.3 Å². The molecule has 0 aliphatic carbocycles. The van der Waals surface area contributed by atoms with Gasteiger partial charge in [-0.25, -0.2) is 9.97 Å². The minimum Gasteiger partial charge on any atom is -0.316 e. The highest BCUT2D eigenvalue weighted by Crippen LogP contribution is 2.18. The largest absolute Gasteiger partial charge is 0.316 e. The molecule has 0 amide bonds. The van der Waals surface area contributed by atoms with Gasteiger partial charge in [0.2, 0.25) is 0 Å². The van der Waals surface area contributed by atoms with Gasteiger partial charge in [-0.15, -0.1) is 0 Å². The molecule has 4 heteroatoms. The molecule has 2 rings (SSSR count). The molecule has 0 saturated carbocycles. The summed E-state index contributed by atoms with van der Waals surface area (Å²) >= 11 is 0. The minimum atomic E-state index is 0.402. The molecular weight excluding hydrogens is 200 g/mol. The Morgan fingerprint density at radius 2 is 2.31 bits per heavy atom. The summed E-state index contributed by atoms with van der Waals surface area (Å²) in [5.41, 5.74) is 1.93. The molecule has 1 atom stereocenters. The predicted octanol–water partition coefficient (Wildman–Crippen LogP) is 1.68. The van der Waals surface area contributed by atoms with E-state index in [1.807, 2.05) is 25.4 Å². The van der Waals surface area contributed by atoms with Crippen molar-refractivity contribution in [2.75, 3.05) is 13.1 Å². The molecule has 2 aromatic rings. The van der Waals surface area contributed by atoms with E-state index in [-0.39, 0.29) is 0 Å². The molecule has 0 aromatic carbocycles. The van der Waals surface area contributed by atoms with Crippen LogP contribution in [0.25, 0.3) is 11.2 Å². The lowest BCUT2D eigenvalue weighted by atomic mass is 10.1. The van der Waals surface area contributed by atoms with Crippen LogP contribution >= 0.6 is 0 Å². The second kappa shape index (κ2) is 4.61. The van der Waals surface area contributed by atoms with Crippen molar-refractivity contribution < 1.29 is 0 Å². The highest BCUT2D eigenvalue weighted by atomic mass is 15.1. The zero-order chi connectivity index (χ0) is 11.5.